The van der Waals surface area contributed by atoms with E-state index in [2.05, 4.69) is 19.8 Å². The van der Waals surface area contributed by atoms with Crippen LogP contribution in [0, 0.1) is 0 Å². The molecule has 11 heteroatoms. The van der Waals surface area contributed by atoms with Crippen LogP contribution in [0.2, 0.25) is 0 Å². The molecule has 0 saturated carbocycles. The molecule has 7 N–H and O–H groups in total. The molecule has 2 fully saturated rings. The van der Waals surface area contributed by atoms with Crippen LogP contribution in [0.4, 0.5) is 10.7 Å². The number of anilines is 1. The van der Waals surface area contributed by atoms with Crippen molar-refractivity contribution in [1.82, 2.24) is 19.8 Å². The van der Waals surface area contributed by atoms with Crippen molar-refractivity contribution >= 4 is 17.7 Å². The van der Waals surface area contributed by atoms with Gasteiger partial charge in [-0.15, -0.1) is 0 Å². The maximum atomic E-state index is 12.3. The van der Waals surface area contributed by atoms with Gasteiger partial charge in [0.1, 0.15) is 17.2 Å². The molecule has 39 heavy (non-hydrogen) atoms. The monoisotopic (exact) mass is 536 g/mol. The van der Waals surface area contributed by atoms with Crippen LogP contribution in [0.25, 0.3) is 5.70 Å². The highest BCUT2D eigenvalue weighted by Crippen LogP contribution is 2.29. The van der Waals surface area contributed by atoms with Gasteiger partial charge in [-0.25, -0.2) is 14.8 Å². The molecule has 1 aromatic heterocycles. The molecule has 2 saturated heterocycles. The van der Waals surface area contributed by atoms with Gasteiger partial charge in [-0.2, -0.15) is 0 Å². The number of piperidine rings is 1. The Kier molecular flexibility index (Phi) is 8.37. The number of hydrogen-bond donors (Lipinski definition) is 4. The minimum atomic E-state index is -0.492. The number of likely N-dealkylation sites (tertiary alicyclic amines) is 1. The molecule has 210 valence electrons. The first-order valence-electron chi connectivity index (χ1n) is 13.3. The fraction of sp³-hybridized carbons (Fsp3) is 0.464. The number of allylic oxidation sites excluding steroid dienone is 1. The first-order valence-corrected chi connectivity index (χ1v) is 13.3. The zero-order chi connectivity index (χ0) is 28.2. The lowest BCUT2D eigenvalue weighted by atomic mass is 9.91. The number of hydrogen-bond acceptors (Lipinski definition) is 10. The molecule has 2 aliphatic rings. The van der Waals surface area contributed by atoms with Crippen molar-refractivity contribution in [3.8, 4) is 5.75 Å². The van der Waals surface area contributed by atoms with Gasteiger partial charge in [0.05, 0.1) is 5.70 Å². The summed E-state index contributed by atoms with van der Waals surface area (Å²) in [6, 6.07) is 6.88. The van der Waals surface area contributed by atoms with E-state index < -0.39 is 5.60 Å². The van der Waals surface area contributed by atoms with Crippen LogP contribution in [-0.4, -0.2) is 75.8 Å². The number of carbonyl (C=O) groups excluding carboxylic acids is 1. The summed E-state index contributed by atoms with van der Waals surface area (Å²) >= 11 is 0. The third-order valence-corrected chi connectivity index (χ3v) is 6.98. The molecule has 0 aliphatic carbocycles. The number of rotatable bonds is 5. The van der Waals surface area contributed by atoms with Crippen molar-refractivity contribution in [3.05, 3.63) is 65.4 Å². The Bertz CT molecular complexity index is 1200. The number of phenolic OH excluding ortho intramolecular Hbond substituents is 1. The van der Waals surface area contributed by atoms with Gasteiger partial charge < -0.3 is 41.7 Å². The second-order valence-electron chi connectivity index (χ2n) is 11.0. The quantitative estimate of drug-likeness (QED) is 0.418. The van der Waals surface area contributed by atoms with Crippen LogP contribution in [-0.2, 0) is 4.74 Å². The summed E-state index contributed by atoms with van der Waals surface area (Å²) in [5, 5.41) is 10.1. The molecule has 0 radical (unpaired) electrons. The molecule has 0 atom stereocenters. The van der Waals surface area contributed by atoms with E-state index in [1.165, 1.54) is 0 Å². The van der Waals surface area contributed by atoms with E-state index in [4.69, 9.17) is 21.9 Å². The maximum Gasteiger partial charge on any atom is 0.410 e. The van der Waals surface area contributed by atoms with E-state index in [0.717, 1.165) is 18.4 Å². The number of aromatic nitrogens is 2. The Morgan fingerprint density at radius 2 is 1.59 bits per heavy atom. The zero-order valence-corrected chi connectivity index (χ0v) is 23.0. The molecule has 0 unspecified atom stereocenters. The predicted molar refractivity (Wildman–Crippen MR) is 151 cm³/mol. The fourth-order valence-corrected chi connectivity index (χ4v) is 4.87. The number of benzene rings is 1. The SMILES string of the molecule is CC(C)(C)OC(=O)N1CCC(c2cnc(N3CCN(C(/C=C(\N)c4ccccc4O)=C(N)N)CC3)nc2)CC1. The Hall–Kier alpha value is -4.15. The average molecular weight is 537 g/mol. The van der Waals surface area contributed by atoms with E-state index >= 15 is 0 Å². The van der Waals surface area contributed by atoms with E-state index in [-0.39, 0.29) is 17.7 Å². The number of nitrogens with two attached hydrogens (primary N) is 3. The fourth-order valence-electron chi connectivity index (χ4n) is 4.87. The molecule has 2 aromatic rings. The summed E-state index contributed by atoms with van der Waals surface area (Å²) in [6.45, 7) is 9.65. The predicted octanol–water partition coefficient (Wildman–Crippen LogP) is 2.51. The molecule has 1 amide bonds. The van der Waals surface area contributed by atoms with Crippen molar-refractivity contribution in [2.45, 2.75) is 45.1 Å². The van der Waals surface area contributed by atoms with Crippen LogP contribution in [0.1, 0.15) is 50.7 Å². The Morgan fingerprint density at radius 3 is 2.15 bits per heavy atom. The van der Waals surface area contributed by atoms with Crippen LogP contribution in [0.5, 0.6) is 5.75 Å². The molecular formula is C28H40N8O3. The highest BCUT2D eigenvalue weighted by atomic mass is 16.6. The zero-order valence-electron chi connectivity index (χ0n) is 23.0. The maximum absolute atomic E-state index is 12.3. The minimum absolute atomic E-state index is 0.0974. The van der Waals surface area contributed by atoms with Crippen LogP contribution < -0.4 is 22.1 Å². The molecule has 3 heterocycles. The van der Waals surface area contributed by atoms with E-state index in [1.807, 2.05) is 39.2 Å². The Labute approximate surface area is 229 Å². The summed E-state index contributed by atoms with van der Waals surface area (Å²) in [6.07, 6.45) is 6.97. The second-order valence-corrected chi connectivity index (χ2v) is 11.0. The van der Waals surface area contributed by atoms with Crippen molar-refractivity contribution in [3.63, 3.8) is 0 Å². The average Bonchev–Trinajstić information content (AvgIpc) is 2.91. The van der Waals surface area contributed by atoms with Gasteiger partial charge in [0.25, 0.3) is 0 Å². The lowest BCUT2D eigenvalue weighted by Crippen LogP contribution is -2.47. The lowest BCUT2D eigenvalue weighted by Gasteiger charge is -2.37. The lowest BCUT2D eigenvalue weighted by molar-refractivity contribution is 0.0204. The van der Waals surface area contributed by atoms with Crippen molar-refractivity contribution in [2.75, 3.05) is 44.2 Å². The topological polar surface area (TPSA) is 160 Å². The van der Waals surface area contributed by atoms with Gasteiger partial charge in [-0.1, -0.05) is 12.1 Å². The number of ether oxygens (including phenoxy) is 1. The summed E-state index contributed by atoms with van der Waals surface area (Å²) in [4.78, 5) is 27.6. The van der Waals surface area contributed by atoms with Gasteiger partial charge in [0.15, 0.2) is 0 Å². The smallest absolute Gasteiger partial charge is 0.410 e. The number of nitrogens with zero attached hydrogens (tertiary/aromatic N) is 5. The number of amides is 1. The summed E-state index contributed by atoms with van der Waals surface area (Å²) in [7, 11) is 0. The van der Waals surface area contributed by atoms with Gasteiger partial charge in [0, 0.05) is 62.9 Å². The van der Waals surface area contributed by atoms with E-state index in [0.29, 0.717) is 68.1 Å². The van der Waals surface area contributed by atoms with Gasteiger partial charge >= 0.3 is 6.09 Å². The molecule has 0 bridgehead atoms. The second kappa shape index (κ2) is 11.7. The number of aromatic hydroxyl groups is 1. The van der Waals surface area contributed by atoms with Crippen LogP contribution in [0.3, 0.4) is 0 Å². The molecule has 1 aromatic carbocycles. The van der Waals surface area contributed by atoms with E-state index in [1.54, 1.807) is 29.2 Å². The van der Waals surface area contributed by atoms with Crippen molar-refractivity contribution < 1.29 is 14.6 Å². The highest BCUT2D eigenvalue weighted by molar-refractivity contribution is 5.70. The number of para-hydroxylation sites is 1. The molecule has 2 aliphatic heterocycles. The first-order chi connectivity index (χ1) is 18.5. The highest BCUT2D eigenvalue weighted by Gasteiger charge is 2.28. The third kappa shape index (κ3) is 7.04. The molecular weight excluding hydrogens is 496 g/mol. The van der Waals surface area contributed by atoms with E-state index in [9.17, 15) is 9.90 Å². The van der Waals surface area contributed by atoms with Crippen molar-refractivity contribution in [1.29, 1.82) is 0 Å². The third-order valence-electron chi connectivity index (χ3n) is 6.98. The van der Waals surface area contributed by atoms with Gasteiger partial charge in [-0.05, 0) is 63.3 Å². The number of piperazine rings is 1. The molecule has 4 rings (SSSR count). The first kappa shape index (κ1) is 27.9. The number of carbonyl (C=O) groups is 1. The Morgan fingerprint density at radius 1 is 0.974 bits per heavy atom. The molecule has 11 nitrogen and oxygen atoms in total. The standard InChI is InChI=1S/C28H40N8O3/c1-28(2,3)39-27(38)36-10-8-19(9-11-36)20-17-32-26(33-18-20)35-14-12-34(13-15-35)23(25(30)31)16-22(29)21-6-4-5-7-24(21)37/h4-7,16-19,37H,8-15,29-31H2,1-3H3/b22-16-. The van der Waals surface area contributed by atoms with Crippen LogP contribution in [0.15, 0.2) is 54.3 Å². The van der Waals surface area contributed by atoms with Crippen molar-refractivity contribution in [2.24, 2.45) is 17.2 Å². The number of phenols is 1. The Balaban J connectivity index is 1.32. The normalized spacial score (nSPS) is 17.2. The largest absolute Gasteiger partial charge is 0.507 e. The molecule has 0 spiro atoms. The summed E-state index contributed by atoms with van der Waals surface area (Å²) in [5.41, 5.74) is 20.4. The summed E-state index contributed by atoms with van der Waals surface area (Å²) in [5.74, 6) is 1.26. The van der Waals surface area contributed by atoms with Gasteiger partial charge in [-0.3, -0.25) is 0 Å². The minimum Gasteiger partial charge on any atom is -0.507 e. The summed E-state index contributed by atoms with van der Waals surface area (Å²) < 4.78 is 5.50. The van der Waals surface area contributed by atoms with Crippen LogP contribution >= 0.6 is 0 Å². The van der Waals surface area contributed by atoms with Gasteiger partial charge in [0.2, 0.25) is 5.95 Å².